The molecule has 0 saturated carbocycles. The van der Waals surface area contributed by atoms with Gasteiger partial charge in [-0.25, -0.2) is 4.39 Å². The van der Waals surface area contributed by atoms with E-state index in [9.17, 15) is 4.39 Å². The summed E-state index contributed by atoms with van der Waals surface area (Å²) in [5.74, 6) is 1.26. The van der Waals surface area contributed by atoms with Gasteiger partial charge >= 0.3 is 0 Å². The summed E-state index contributed by atoms with van der Waals surface area (Å²) in [7, 11) is 0. The van der Waals surface area contributed by atoms with Crippen LogP contribution in [0, 0.1) is 5.82 Å². The molecule has 1 aliphatic heterocycles. The summed E-state index contributed by atoms with van der Waals surface area (Å²) in [6.45, 7) is 8.35. The van der Waals surface area contributed by atoms with Gasteiger partial charge in [-0.2, -0.15) is 0 Å². The van der Waals surface area contributed by atoms with Gasteiger partial charge in [0.15, 0.2) is 12.8 Å². The normalized spacial score (nSPS) is 13.4. The maximum atomic E-state index is 13.8. The highest BCUT2D eigenvalue weighted by molar-refractivity contribution is 14.0. The first kappa shape index (κ1) is 23.9. The monoisotopic (exact) mass is 495 g/mol. The molecule has 0 unspecified atom stereocenters. The number of hydrogen-bond donors (Lipinski definition) is 2. The van der Waals surface area contributed by atoms with E-state index in [0.717, 1.165) is 62.0 Å². The van der Waals surface area contributed by atoms with Gasteiger partial charge in [-0.15, -0.1) is 24.0 Å². The summed E-state index contributed by atoms with van der Waals surface area (Å²) in [6, 6.07) is 3.00. The lowest BCUT2D eigenvalue weighted by Crippen LogP contribution is -2.38. The van der Waals surface area contributed by atoms with Crippen molar-refractivity contribution in [3.05, 3.63) is 29.1 Å². The van der Waals surface area contributed by atoms with Crippen molar-refractivity contribution in [1.82, 2.24) is 10.6 Å². The fraction of sp³-hybridized carbons (Fsp3) is 0.632. The highest BCUT2D eigenvalue weighted by Gasteiger charge is 2.16. The zero-order chi connectivity index (χ0) is 18.6. The Morgan fingerprint density at radius 2 is 2.11 bits per heavy atom. The molecule has 0 radical (unpaired) electrons. The molecule has 0 aliphatic carbocycles. The molecule has 0 spiro atoms. The third-order valence-electron chi connectivity index (χ3n) is 3.95. The van der Waals surface area contributed by atoms with E-state index in [1.807, 2.05) is 13.8 Å². The van der Waals surface area contributed by atoms with Gasteiger partial charge in [0.1, 0.15) is 11.6 Å². The van der Waals surface area contributed by atoms with E-state index in [1.165, 1.54) is 12.1 Å². The van der Waals surface area contributed by atoms with Gasteiger partial charge in [-0.3, -0.25) is 4.99 Å². The summed E-state index contributed by atoms with van der Waals surface area (Å²) < 4.78 is 29.9. The SMILES string of the molecule is CCNC(=NCCCCOCC)NCCc1cc(F)cc2c1OCOC2.I. The lowest BCUT2D eigenvalue weighted by Gasteiger charge is -2.21. The number of hydrogen-bond acceptors (Lipinski definition) is 4. The molecule has 2 rings (SSSR count). The minimum atomic E-state index is -0.261. The number of halogens is 2. The topological polar surface area (TPSA) is 64.1 Å². The molecule has 0 aromatic heterocycles. The van der Waals surface area contributed by atoms with Crippen molar-refractivity contribution in [3.8, 4) is 5.75 Å². The number of guanidine groups is 1. The fourth-order valence-electron chi connectivity index (χ4n) is 2.75. The molecule has 8 heteroatoms. The van der Waals surface area contributed by atoms with Crippen LogP contribution >= 0.6 is 24.0 Å². The maximum absolute atomic E-state index is 13.8. The number of nitrogens with one attached hydrogen (secondary N) is 2. The van der Waals surface area contributed by atoms with Gasteiger partial charge in [0.2, 0.25) is 0 Å². The summed E-state index contributed by atoms with van der Waals surface area (Å²) in [5.41, 5.74) is 1.62. The number of benzene rings is 1. The average molecular weight is 495 g/mol. The molecule has 27 heavy (non-hydrogen) atoms. The predicted molar refractivity (Wildman–Crippen MR) is 116 cm³/mol. The first-order valence-electron chi connectivity index (χ1n) is 9.36. The molecule has 154 valence electrons. The zero-order valence-corrected chi connectivity index (χ0v) is 18.5. The molecule has 0 bridgehead atoms. The zero-order valence-electron chi connectivity index (χ0n) is 16.2. The number of rotatable bonds is 10. The minimum Gasteiger partial charge on any atom is -0.467 e. The van der Waals surface area contributed by atoms with Crippen molar-refractivity contribution in [2.24, 2.45) is 4.99 Å². The van der Waals surface area contributed by atoms with Crippen LogP contribution in [-0.2, 0) is 22.5 Å². The van der Waals surface area contributed by atoms with Crippen molar-refractivity contribution >= 4 is 29.9 Å². The van der Waals surface area contributed by atoms with Gasteiger partial charge in [-0.05, 0) is 50.8 Å². The van der Waals surface area contributed by atoms with E-state index in [4.69, 9.17) is 14.2 Å². The molecule has 0 fully saturated rings. The minimum absolute atomic E-state index is 0. The Morgan fingerprint density at radius 1 is 1.26 bits per heavy atom. The molecule has 1 aromatic carbocycles. The Morgan fingerprint density at radius 3 is 2.89 bits per heavy atom. The number of ether oxygens (including phenoxy) is 3. The summed E-state index contributed by atoms with van der Waals surface area (Å²) in [6.07, 6.45) is 2.64. The largest absolute Gasteiger partial charge is 0.467 e. The van der Waals surface area contributed by atoms with Gasteiger partial charge in [-0.1, -0.05) is 0 Å². The van der Waals surface area contributed by atoms with Crippen molar-refractivity contribution < 1.29 is 18.6 Å². The molecular formula is C19H31FIN3O3. The van der Waals surface area contributed by atoms with Crippen LogP contribution in [0.3, 0.4) is 0 Å². The van der Waals surface area contributed by atoms with Gasteiger partial charge in [0.05, 0.1) is 6.61 Å². The summed E-state index contributed by atoms with van der Waals surface area (Å²) in [4.78, 5) is 4.56. The Hall–Kier alpha value is -1.13. The second-order valence-electron chi connectivity index (χ2n) is 6.01. The highest BCUT2D eigenvalue weighted by atomic mass is 127. The van der Waals surface area contributed by atoms with Crippen LogP contribution in [-0.4, -0.2) is 45.6 Å². The highest BCUT2D eigenvalue weighted by Crippen LogP contribution is 2.29. The second-order valence-corrected chi connectivity index (χ2v) is 6.01. The smallest absolute Gasteiger partial charge is 0.191 e. The number of aliphatic imine (C=N–C) groups is 1. The molecule has 2 N–H and O–H groups in total. The first-order valence-corrected chi connectivity index (χ1v) is 9.36. The van der Waals surface area contributed by atoms with Crippen LogP contribution < -0.4 is 15.4 Å². The van der Waals surface area contributed by atoms with Crippen LogP contribution in [0.2, 0.25) is 0 Å². The predicted octanol–water partition coefficient (Wildman–Crippen LogP) is 3.22. The Kier molecular flexibility index (Phi) is 12.4. The molecule has 1 aromatic rings. The fourth-order valence-corrected chi connectivity index (χ4v) is 2.75. The molecule has 1 heterocycles. The Labute approximate surface area is 178 Å². The van der Waals surface area contributed by atoms with Gasteiger partial charge < -0.3 is 24.8 Å². The van der Waals surface area contributed by atoms with Crippen LogP contribution in [0.4, 0.5) is 4.39 Å². The quantitative estimate of drug-likeness (QED) is 0.226. The van der Waals surface area contributed by atoms with E-state index in [1.54, 1.807) is 0 Å². The Bertz CT molecular complexity index is 588. The van der Waals surface area contributed by atoms with Crippen molar-refractivity contribution in [1.29, 1.82) is 0 Å². The van der Waals surface area contributed by atoms with E-state index < -0.39 is 0 Å². The van der Waals surface area contributed by atoms with E-state index in [2.05, 4.69) is 15.6 Å². The van der Waals surface area contributed by atoms with Crippen molar-refractivity contribution in [2.75, 3.05) is 39.6 Å². The molecule has 0 atom stereocenters. The Balaban J connectivity index is 0.00000364. The molecule has 6 nitrogen and oxygen atoms in total. The van der Waals surface area contributed by atoms with Crippen LogP contribution in [0.25, 0.3) is 0 Å². The van der Waals surface area contributed by atoms with Gasteiger partial charge in [0.25, 0.3) is 0 Å². The lowest BCUT2D eigenvalue weighted by molar-refractivity contribution is -0.0172. The third-order valence-corrected chi connectivity index (χ3v) is 3.95. The van der Waals surface area contributed by atoms with E-state index >= 15 is 0 Å². The van der Waals surface area contributed by atoms with Gasteiger partial charge in [0, 0.05) is 38.4 Å². The molecule has 1 aliphatic rings. The second kappa shape index (κ2) is 14.0. The van der Waals surface area contributed by atoms with E-state index in [-0.39, 0.29) is 36.6 Å². The van der Waals surface area contributed by atoms with Crippen LogP contribution in [0.1, 0.15) is 37.8 Å². The van der Waals surface area contributed by atoms with Crippen LogP contribution in [0.5, 0.6) is 5.75 Å². The molecule has 0 saturated heterocycles. The number of unbranched alkanes of at least 4 members (excludes halogenated alkanes) is 1. The van der Waals surface area contributed by atoms with E-state index in [0.29, 0.717) is 19.6 Å². The molecular weight excluding hydrogens is 464 g/mol. The maximum Gasteiger partial charge on any atom is 0.191 e. The first-order chi connectivity index (χ1) is 12.7. The third kappa shape index (κ3) is 8.61. The number of fused-ring (bicyclic) bond motifs is 1. The average Bonchev–Trinajstić information content (AvgIpc) is 2.64. The number of nitrogens with zero attached hydrogens (tertiary/aromatic N) is 1. The molecule has 0 amide bonds. The van der Waals surface area contributed by atoms with Crippen LogP contribution in [0.15, 0.2) is 17.1 Å². The van der Waals surface area contributed by atoms with Crippen molar-refractivity contribution in [3.63, 3.8) is 0 Å². The standard InChI is InChI=1S/C19H30FN3O3.HI/c1-3-21-19(22-8-5-6-10-24-4-2)23-9-7-15-11-17(20)12-16-13-25-14-26-18(15)16;/h11-12H,3-10,13-14H2,1-2H3,(H2,21,22,23);1H. The summed E-state index contributed by atoms with van der Waals surface area (Å²) >= 11 is 0. The van der Waals surface area contributed by atoms with Crippen molar-refractivity contribution in [2.45, 2.75) is 39.7 Å². The summed E-state index contributed by atoms with van der Waals surface area (Å²) in [5, 5.41) is 6.52. The lowest BCUT2D eigenvalue weighted by atomic mass is 10.1.